The molecule has 3 rings (SSSR count). The van der Waals surface area contributed by atoms with E-state index in [0.29, 0.717) is 24.7 Å². The first kappa shape index (κ1) is 22.7. The van der Waals surface area contributed by atoms with E-state index in [1.54, 1.807) is 11.0 Å². The molecule has 0 spiro atoms. The van der Waals surface area contributed by atoms with Crippen molar-refractivity contribution in [3.8, 4) is 0 Å². The fourth-order valence-corrected chi connectivity index (χ4v) is 4.69. The second kappa shape index (κ2) is 9.44. The van der Waals surface area contributed by atoms with Crippen molar-refractivity contribution in [2.75, 3.05) is 30.3 Å². The van der Waals surface area contributed by atoms with Crippen molar-refractivity contribution in [2.24, 2.45) is 0 Å². The molecule has 1 aliphatic heterocycles. The largest absolute Gasteiger partial charge is 0.481 e. The average Bonchev–Trinajstić information content (AvgIpc) is 2.72. The summed E-state index contributed by atoms with van der Waals surface area (Å²) < 4.78 is 12.1. The third-order valence-corrected chi connectivity index (χ3v) is 6.54. The van der Waals surface area contributed by atoms with E-state index in [0.717, 1.165) is 11.8 Å². The van der Waals surface area contributed by atoms with E-state index in [2.05, 4.69) is 4.90 Å². The molecule has 1 saturated heterocycles. The predicted octanol–water partition coefficient (Wildman–Crippen LogP) is 2.79. The number of nitro groups is 1. The number of rotatable bonds is 6. The van der Waals surface area contributed by atoms with Gasteiger partial charge in [-0.15, -0.1) is 0 Å². The minimum Gasteiger partial charge on any atom is -0.481 e. The standard InChI is InChI=1S/C20H20ClN3O6S/c1-13-11-22(7-8-23(13)16-4-2-3-15(21)10-16)20(27)14-5-6-18(17(9-14)24(28)29)31(30)12-19(25)26/h2-6,9-10,13H,7-8,11-12H2,1H3,(H,25,26). The molecule has 9 nitrogen and oxygen atoms in total. The Labute approximate surface area is 185 Å². The highest BCUT2D eigenvalue weighted by molar-refractivity contribution is 7.85. The minimum atomic E-state index is -2.09. The lowest BCUT2D eigenvalue weighted by atomic mass is 10.1. The van der Waals surface area contributed by atoms with Crippen LogP contribution in [0.5, 0.6) is 0 Å². The van der Waals surface area contributed by atoms with Gasteiger partial charge in [0.1, 0.15) is 10.6 Å². The zero-order valence-electron chi connectivity index (χ0n) is 16.6. The smallest absolute Gasteiger partial charge is 0.316 e. The molecule has 2 atom stereocenters. The lowest BCUT2D eigenvalue weighted by molar-refractivity contribution is -0.387. The fourth-order valence-electron chi connectivity index (χ4n) is 3.54. The number of anilines is 1. The topological polar surface area (TPSA) is 121 Å². The summed E-state index contributed by atoms with van der Waals surface area (Å²) in [5.74, 6) is -2.47. The zero-order chi connectivity index (χ0) is 22.7. The number of aliphatic carboxylic acids is 1. The molecule has 2 unspecified atom stereocenters. The number of nitrogens with zero attached hydrogens (tertiary/aromatic N) is 3. The van der Waals surface area contributed by atoms with E-state index in [4.69, 9.17) is 16.7 Å². The molecular weight excluding hydrogens is 446 g/mol. The van der Waals surface area contributed by atoms with Crippen molar-refractivity contribution in [1.82, 2.24) is 4.90 Å². The molecule has 1 aliphatic rings. The normalized spacial score (nSPS) is 17.3. The van der Waals surface area contributed by atoms with Crippen LogP contribution in [0.1, 0.15) is 17.3 Å². The van der Waals surface area contributed by atoms with Crippen LogP contribution in [-0.2, 0) is 15.6 Å². The van der Waals surface area contributed by atoms with Crippen LogP contribution >= 0.6 is 11.6 Å². The van der Waals surface area contributed by atoms with E-state index in [1.165, 1.54) is 12.1 Å². The van der Waals surface area contributed by atoms with Gasteiger partial charge in [-0.05, 0) is 37.3 Å². The Kier molecular flexibility index (Phi) is 6.91. The van der Waals surface area contributed by atoms with Gasteiger partial charge in [0.15, 0.2) is 0 Å². The van der Waals surface area contributed by atoms with Crippen LogP contribution in [0.2, 0.25) is 5.02 Å². The summed E-state index contributed by atoms with van der Waals surface area (Å²) in [5.41, 5.74) is 0.509. The number of carboxylic acids is 1. The van der Waals surface area contributed by atoms with Crippen LogP contribution < -0.4 is 4.90 Å². The fraction of sp³-hybridized carbons (Fsp3) is 0.300. The first-order valence-electron chi connectivity index (χ1n) is 9.37. The first-order valence-corrected chi connectivity index (χ1v) is 11.1. The van der Waals surface area contributed by atoms with Crippen molar-refractivity contribution in [3.63, 3.8) is 0 Å². The van der Waals surface area contributed by atoms with Gasteiger partial charge in [0, 0.05) is 48.0 Å². The summed E-state index contributed by atoms with van der Waals surface area (Å²) in [6.45, 7) is 3.36. The Bertz CT molecular complexity index is 1060. The second-order valence-corrected chi connectivity index (χ2v) is 8.95. The molecule has 2 aromatic carbocycles. The molecule has 11 heteroatoms. The van der Waals surface area contributed by atoms with Gasteiger partial charge in [-0.3, -0.25) is 23.9 Å². The summed E-state index contributed by atoms with van der Waals surface area (Å²) in [6.07, 6.45) is 0. The van der Waals surface area contributed by atoms with E-state index in [9.17, 15) is 23.9 Å². The first-order chi connectivity index (χ1) is 14.7. The molecule has 31 heavy (non-hydrogen) atoms. The van der Waals surface area contributed by atoms with E-state index in [-0.39, 0.29) is 22.4 Å². The summed E-state index contributed by atoms with van der Waals surface area (Å²) in [7, 11) is -2.09. The Hall–Kier alpha value is -2.98. The lowest BCUT2D eigenvalue weighted by Gasteiger charge is -2.41. The van der Waals surface area contributed by atoms with Crippen LogP contribution in [0.4, 0.5) is 11.4 Å². The molecule has 1 fully saturated rings. The summed E-state index contributed by atoms with van der Waals surface area (Å²) >= 11 is 6.07. The van der Waals surface area contributed by atoms with E-state index >= 15 is 0 Å². The van der Waals surface area contributed by atoms with Gasteiger partial charge in [0.2, 0.25) is 0 Å². The van der Waals surface area contributed by atoms with Crippen molar-refractivity contribution in [2.45, 2.75) is 17.9 Å². The Morgan fingerprint density at radius 2 is 2.00 bits per heavy atom. The van der Waals surface area contributed by atoms with Crippen molar-refractivity contribution >= 4 is 45.7 Å². The van der Waals surface area contributed by atoms with Crippen molar-refractivity contribution in [3.05, 3.63) is 63.2 Å². The number of carbonyl (C=O) groups is 2. The van der Waals surface area contributed by atoms with Gasteiger partial charge < -0.3 is 14.9 Å². The lowest BCUT2D eigenvalue weighted by Crippen LogP contribution is -2.53. The predicted molar refractivity (Wildman–Crippen MR) is 116 cm³/mol. The molecule has 0 aromatic heterocycles. The number of halogens is 1. The molecule has 1 heterocycles. The average molecular weight is 466 g/mol. The highest BCUT2D eigenvalue weighted by Gasteiger charge is 2.29. The minimum absolute atomic E-state index is 0.00602. The van der Waals surface area contributed by atoms with Gasteiger partial charge in [-0.25, -0.2) is 0 Å². The summed E-state index contributed by atoms with van der Waals surface area (Å²) in [4.78, 5) is 38.0. The molecule has 2 aromatic rings. The maximum Gasteiger partial charge on any atom is 0.316 e. The van der Waals surface area contributed by atoms with Crippen LogP contribution in [0.15, 0.2) is 47.4 Å². The van der Waals surface area contributed by atoms with E-state index in [1.807, 2.05) is 25.1 Å². The number of hydrogen-bond donors (Lipinski definition) is 1. The number of piperazine rings is 1. The van der Waals surface area contributed by atoms with Gasteiger partial charge in [-0.2, -0.15) is 0 Å². The number of nitro benzene ring substituents is 1. The van der Waals surface area contributed by atoms with Crippen molar-refractivity contribution < 1.29 is 23.8 Å². The third-order valence-electron chi connectivity index (χ3n) is 4.96. The molecule has 0 radical (unpaired) electrons. The quantitative estimate of drug-likeness (QED) is 0.514. The van der Waals surface area contributed by atoms with Gasteiger partial charge in [0.25, 0.3) is 11.6 Å². The third kappa shape index (κ3) is 5.20. The SMILES string of the molecule is CC1CN(C(=O)c2ccc(S(=O)CC(=O)O)c([N+](=O)[O-])c2)CCN1c1cccc(Cl)c1. The highest BCUT2D eigenvalue weighted by Crippen LogP contribution is 2.27. The van der Waals surface area contributed by atoms with Gasteiger partial charge in [-0.1, -0.05) is 17.7 Å². The highest BCUT2D eigenvalue weighted by atomic mass is 35.5. The van der Waals surface area contributed by atoms with Crippen LogP contribution in [0.3, 0.4) is 0 Å². The molecule has 0 aliphatic carbocycles. The molecular formula is C20H20ClN3O6S. The van der Waals surface area contributed by atoms with Crippen molar-refractivity contribution in [1.29, 1.82) is 0 Å². The van der Waals surface area contributed by atoms with Crippen LogP contribution in [0, 0.1) is 10.1 Å². The van der Waals surface area contributed by atoms with E-state index < -0.39 is 33.1 Å². The maximum atomic E-state index is 13.0. The molecule has 0 bridgehead atoms. The number of benzene rings is 2. The summed E-state index contributed by atoms with van der Waals surface area (Å²) in [6, 6.07) is 11.0. The molecule has 1 N–H and O–H groups in total. The Morgan fingerprint density at radius 1 is 1.26 bits per heavy atom. The number of carbonyl (C=O) groups excluding carboxylic acids is 1. The number of hydrogen-bond acceptors (Lipinski definition) is 6. The zero-order valence-corrected chi connectivity index (χ0v) is 18.1. The Morgan fingerprint density at radius 3 is 2.61 bits per heavy atom. The summed E-state index contributed by atoms with van der Waals surface area (Å²) in [5, 5.41) is 20.8. The Balaban J connectivity index is 1.78. The number of amides is 1. The molecule has 164 valence electrons. The van der Waals surface area contributed by atoms with Gasteiger partial charge in [0.05, 0.1) is 15.7 Å². The molecule has 0 saturated carbocycles. The monoisotopic (exact) mass is 465 g/mol. The second-order valence-electron chi connectivity index (χ2n) is 7.10. The maximum absolute atomic E-state index is 13.0. The van der Waals surface area contributed by atoms with Gasteiger partial charge >= 0.3 is 5.97 Å². The number of carboxylic acid groups (broad SMARTS) is 1. The van der Waals surface area contributed by atoms with Crippen LogP contribution in [0.25, 0.3) is 0 Å². The molecule has 1 amide bonds. The van der Waals surface area contributed by atoms with Crippen LogP contribution in [-0.4, -0.2) is 62.4 Å².